The molecule has 0 radical (unpaired) electrons. The fourth-order valence-electron chi connectivity index (χ4n) is 1.68. The van der Waals surface area contributed by atoms with Crippen LogP contribution in [-0.2, 0) is 9.59 Å². The zero-order valence-electron chi connectivity index (χ0n) is 7.82. The van der Waals surface area contributed by atoms with Crippen LogP contribution in [0.5, 0.6) is 0 Å². The minimum Gasteiger partial charge on any atom is -0.480 e. The van der Waals surface area contributed by atoms with Gasteiger partial charge in [-0.1, -0.05) is 6.92 Å². The second kappa shape index (κ2) is 4.25. The number of carbonyl (C=O) groups is 2. The number of carboxylic acid groups (broad SMARTS) is 1. The number of rotatable bonds is 3. The first-order valence-corrected chi connectivity index (χ1v) is 4.69. The number of aliphatic carboxylic acids is 1. The molecule has 1 amide bonds. The van der Waals surface area contributed by atoms with E-state index in [-0.39, 0.29) is 5.91 Å². The topological polar surface area (TPSA) is 57.6 Å². The van der Waals surface area contributed by atoms with Gasteiger partial charge < -0.3 is 10.0 Å². The SMILES string of the molecule is CCCC(=O)N1CCCC1C(=O)O. The molecule has 0 aromatic heterocycles. The van der Waals surface area contributed by atoms with Crippen molar-refractivity contribution in [3.63, 3.8) is 0 Å². The molecule has 1 unspecified atom stereocenters. The molecular weight excluding hydrogens is 170 g/mol. The molecule has 1 heterocycles. The van der Waals surface area contributed by atoms with Crippen LogP contribution in [0, 0.1) is 0 Å². The first-order chi connectivity index (χ1) is 6.16. The lowest BCUT2D eigenvalue weighted by Gasteiger charge is -2.20. The highest BCUT2D eigenvalue weighted by Crippen LogP contribution is 2.18. The Hall–Kier alpha value is -1.06. The van der Waals surface area contributed by atoms with E-state index in [2.05, 4.69) is 0 Å². The second-order valence-corrected chi connectivity index (χ2v) is 3.33. The Balaban J connectivity index is 2.57. The summed E-state index contributed by atoms with van der Waals surface area (Å²) in [5, 5.41) is 8.81. The summed E-state index contributed by atoms with van der Waals surface area (Å²) in [4.78, 5) is 23.6. The summed E-state index contributed by atoms with van der Waals surface area (Å²) < 4.78 is 0. The van der Waals surface area contributed by atoms with Crippen molar-refractivity contribution in [1.29, 1.82) is 0 Å². The van der Waals surface area contributed by atoms with E-state index in [1.54, 1.807) is 0 Å². The molecule has 0 aromatic rings. The third-order valence-electron chi connectivity index (χ3n) is 2.32. The molecule has 0 aromatic carbocycles. The lowest BCUT2D eigenvalue weighted by atomic mass is 10.2. The van der Waals surface area contributed by atoms with Gasteiger partial charge in [0.1, 0.15) is 6.04 Å². The molecule has 4 nitrogen and oxygen atoms in total. The molecule has 1 N–H and O–H groups in total. The summed E-state index contributed by atoms with van der Waals surface area (Å²) in [5.74, 6) is -0.894. The van der Waals surface area contributed by atoms with Crippen molar-refractivity contribution in [2.75, 3.05) is 6.54 Å². The maximum atomic E-state index is 11.4. The van der Waals surface area contributed by atoms with E-state index < -0.39 is 12.0 Å². The van der Waals surface area contributed by atoms with Crippen molar-refractivity contribution in [3.8, 4) is 0 Å². The van der Waals surface area contributed by atoms with Crippen LogP contribution in [-0.4, -0.2) is 34.5 Å². The minimum absolute atomic E-state index is 0.0209. The van der Waals surface area contributed by atoms with Gasteiger partial charge in [-0.15, -0.1) is 0 Å². The number of amides is 1. The molecule has 1 aliphatic heterocycles. The molecule has 0 spiro atoms. The number of likely N-dealkylation sites (tertiary alicyclic amines) is 1. The molecule has 74 valence electrons. The number of hydrogen-bond acceptors (Lipinski definition) is 2. The Morgan fingerprint density at radius 2 is 2.23 bits per heavy atom. The number of hydrogen-bond donors (Lipinski definition) is 1. The average Bonchev–Trinajstić information content (AvgIpc) is 2.52. The van der Waals surface area contributed by atoms with Crippen LogP contribution >= 0.6 is 0 Å². The van der Waals surface area contributed by atoms with Crippen molar-refractivity contribution in [1.82, 2.24) is 4.90 Å². The summed E-state index contributed by atoms with van der Waals surface area (Å²) in [5.41, 5.74) is 0. The van der Waals surface area contributed by atoms with Gasteiger partial charge in [-0.2, -0.15) is 0 Å². The summed E-state index contributed by atoms with van der Waals surface area (Å²) in [6.07, 6.45) is 2.66. The first kappa shape index (κ1) is 10.0. The van der Waals surface area contributed by atoms with Crippen LogP contribution in [0.4, 0.5) is 0 Å². The monoisotopic (exact) mass is 185 g/mol. The molecule has 1 aliphatic rings. The summed E-state index contributed by atoms with van der Waals surface area (Å²) in [6.45, 7) is 2.53. The molecule has 1 saturated heterocycles. The fraction of sp³-hybridized carbons (Fsp3) is 0.778. The Labute approximate surface area is 77.5 Å². The average molecular weight is 185 g/mol. The summed E-state index contributed by atoms with van der Waals surface area (Å²) in [6, 6.07) is -0.570. The molecular formula is C9H15NO3. The van der Waals surface area contributed by atoms with E-state index in [4.69, 9.17) is 5.11 Å². The summed E-state index contributed by atoms with van der Waals surface area (Å²) >= 11 is 0. The van der Waals surface area contributed by atoms with E-state index in [1.807, 2.05) is 6.92 Å². The Morgan fingerprint density at radius 3 is 2.77 bits per heavy atom. The van der Waals surface area contributed by atoms with Crippen LogP contribution in [0.2, 0.25) is 0 Å². The highest BCUT2D eigenvalue weighted by atomic mass is 16.4. The molecule has 1 rings (SSSR count). The van der Waals surface area contributed by atoms with Crippen LogP contribution < -0.4 is 0 Å². The van der Waals surface area contributed by atoms with Crippen molar-refractivity contribution in [3.05, 3.63) is 0 Å². The third-order valence-corrected chi connectivity index (χ3v) is 2.32. The number of carbonyl (C=O) groups excluding carboxylic acids is 1. The van der Waals surface area contributed by atoms with Crippen molar-refractivity contribution in [2.24, 2.45) is 0 Å². The van der Waals surface area contributed by atoms with Crippen LogP contribution in [0.25, 0.3) is 0 Å². The van der Waals surface area contributed by atoms with E-state index in [9.17, 15) is 9.59 Å². The molecule has 0 aliphatic carbocycles. The van der Waals surface area contributed by atoms with Crippen LogP contribution in [0.1, 0.15) is 32.6 Å². The smallest absolute Gasteiger partial charge is 0.326 e. The Kier molecular flexibility index (Phi) is 3.28. The maximum absolute atomic E-state index is 11.4. The maximum Gasteiger partial charge on any atom is 0.326 e. The minimum atomic E-state index is -0.873. The van der Waals surface area contributed by atoms with E-state index in [0.29, 0.717) is 19.4 Å². The standard InChI is InChI=1S/C9H15NO3/c1-2-4-8(11)10-6-3-5-7(10)9(12)13/h7H,2-6H2,1H3,(H,12,13). The molecule has 0 saturated carbocycles. The van der Waals surface area contributed by atoms with Gasteiger partial charge in [-0.3, -0.25) is 4.79 Å². The van der Waals surface area contributed by atoms with Gasteiger partial charge in [0.25, 0.3) is 0 Å². The van der Waals surface area contributed by atoms with Gasteiger partial charge in [0, 0.05) is 13.0 Å². The largest absolute Gasteiger partial charge is 0.480 e. The van der Waals surface area contributed by atoms with Crippen molar-refractivity contribution >= 4 is 11.9 Å². The quantitative estimate of drug-likeness (QED) is 0.709. The second-order valence-electron chi connectivity index (χ2n) is 3.33. The number of carboxylic acids is 1. The van der Waals surface area contributed by atoms with E-state index >= 15 is 0 Å². The lowest BCUT2D eigenvalue weighted by molar-refractivity contribution is -0.148. The van der Waals surface area contributed by atoms with Gasteiger partial charge >= 0.3 is 5.97 Å². The third kappa shape index (κ3) is 2.20. The van der Waals surface area contributed by atoms with Crippen LogP contribution in [0.3, 0.4) is 0 Å². The zero-order chi connectivity index (χ0) is 9.84. The molecule has 4 heteroatoms. The van der Waals surface area contributed by atoms with Gasteiger partial charge in [-0.25, -0.2) is 4.79 Å². The molecule has 1 fully saturated rings. The highest BCUT2D eigenvalue weighted by molar-refractivity contribution is 5.84. The molecule has 13 heavy (non-hydrogen) atoms. The predicted octanol–water partition coefficient (Wildman–Crippen LogP) is 0.862. The van der Waals surface area contributed by atoms with E-state index in [1.165, 1.54) is 4.90 Å². The zero-order valence-corrected chi connectivity index (χ0v) is 7.82. The Morgan fingerprint density at radius 1 is 1.54 bits per heavy atom. The molecule has 0 bridgehead atoms. The molecule has 1 atom stereocenters. The van der Waals surface area contributed by atoms with Gasteiger partial charge in [0.05, 0.1) is 0 Å². The van der Waals surface area contributed by atoms with Gasteiger partial charge in [0.2, 0.25) is 5.91 Å². The van der Waals surface area contributed by atoms with Gasteiger partial charge in [-0.05, 0) is 19.3 Å². The van der Waals surface area contributed by atoms with Crippen molar-refractivity contribution < 1.29 is 14.7 Å². The summed E-state index contributed by atoms with van der Waals surface area (Å²) in [7, 11) is 0. The lowest BCUT2D eigenvalue weighted by Crippen LogP contribution is -2.40. The van der Waals surface area contributed by atoms with E-state index in [0.717, 1.165) is 12.8 Å². The van der Waals surface area contributed by atoms with Crippen molar-refractivity contribution in [2.45, 2.75) is 38.6 Å². The normalized spacial score (nSPS) is 21.9. The predicted molar refractivity (Wildman–Crippen MR) is 47.3 cm³/mol. The first-order valence-electron chi connectivity index (χ1n) is 4.69. The van der Waals surface area contributed by atoms with Crippen LogP contribution in [0.15, 0.2) is 0 Å². The highest BCUT2D eigenvalue weighted by Gasteiger charge is 2.33. The number of nitrogens with zero attached hydrogens (tertiary/aromatic N) is 1. The van der Waals surface area contributed by atoms with Gasteiger partial charge in [0.15, 0.2) is 0 Å². The Bertz CT molecular complexity index is 215. The fourth-order valence-corrected chi connectivity index (χ4v) is 1.68.